The lowest BCUT2D eigenvalue weighted by Gasteiger charge is -2.23. The lowest BCUT2D eigenvalue weighted by Crippen LogP contribution is -2.36. The van der Waals surface area contributed by atoms with E-state index in [1.165, 1.54) is 32.5 Å². The van der Waals surface area contributed by atoms with E-state index in [4.69, 9.17) is 62.3 Å². The van der Waals surface area contributed by atoms with Crippen LogP contribution in [0.3, 0.4) is 0 Å². The van der Waals surface area contributed by atoms with Crippen molar-refractivity contribution in [3.63, 3.8) is 0 Å². The minimum Gasteiger partial charge on any atom is -0.493 e. The molecule has 1 aromatic heterocycles. The number of allylic oxidation sites excluding steroid dienone is 2. The topological polar surface area (TPSA) is 208 Å². The van der Waals surface area contributed by atoms with Gasteiger partial charge in [0, 0.05) is 69.9 Å². The second-order valence-corrected chi connectivity index (χ2v) is 17.8. The summed E-state index contributed by atoms with van der Waals surface area (Å²) in [5.41, 5.74) is 5.04. The fourth-order valence-electron chi connectivity index (χ4n) is 8.84. The van der Waals surface area contributed by atoms with Crippen LogP contribution in [0.1, 0.15) is 78.1 Å². The number of amides is 3. The van der Waals surface area contributed by atoms with Crippen molar-refractivity contribution in [3.8, 4) is 28.7 Å². The lowest BCUT2D eigenvalue weighted by atomic mass is 10.1. The molecule has 4 aliphatic heterocycles. The Hall–Kier alpha value is -6.87. The van der Waals surface area contributed by atoms with E-state index in [0.29, 0.717) is 128 Å². The number of benzene rings is 2. The highest BCUT2D eigenvalue weighted by atomic mass is 16.6. The number of carbonyl (C=O) groups is 4. The first kappa shape index (κ1) is 54.9. The molecule has 2 saturated heterocycles. The van der Waals surface area contributed by atoms with Crippen LogP contribution in [0.25, 0.3) is 0 Å². The number of methoxy groups -OCH3 is 4. The number of carbonyl (C=O) groups excluding carboxylic acids is 4. The largest absolute Gasteiger partial charge is 0.493 e. The van der Waals surface area contributed by atoms with Crippen molar-refractivity contribution >= 4 is 47.5 Å². The van der Waals surface area contributed by atoms with E-state index in [1.54, 1.807) is 60.8 Å². The van der Waals surface area contributed by atoms with Gasteiger partial charge in [-0.15, -0.1) is 0 Å². The highest BCUT2D eigenvalue weighted by Crippen LogP contribution is 2.41. The molecule has 0 radical (unpaired) electrons. The van der Waals surface area contributed by atoms with E-state index in [1.807, 2.05) is 35.8 Å². The molecule has 0 N–H and O–H groups in total. The monoisotopic (exact) mass is 1020 g/mol. The van der Waals surface area contributed by atoms with Crippen LogP contribution >= 0.6 is 0 Å². The van der Waals surface area contributed by atoms with Crippen molar-refractivity contribution in [1.82, 2.24) is 19.7 Å². The van der Waals surface area contributed by atoms with Gasteiger partial charge in [-0.05, 0) is 45.2 Å². The summed E-state index contributed by atoms with van der Waals surface area (Å²) in [6, 6.07) is 9.87. The third-order valence-electron chi connectivity index (χ3n) is 12.9. The van der Waals surface area contributed by atoms with Gasteiger partial charge in [-0.2, -0.15) is 0 Å². The molecule has 74 heavy (non-hydrogen) atoms. The standard InChI is InChI=1S/C54H68N6O14/c1-7-36-22-40-30-55-45-28-49(47(66-4)26-43(45)53(63)59(40)32-36)73-34-38-24-42(72-15-13-58(12-9-10-52(62)68-6)51(61)11-14-69-18-19-71-21-20-70-17-16-65-3)25-39(57-38)35-74-50-29-46-44(27-48(50)67-5)54(64)60-33-37(8-2)23-41(60)31-56-46/h7-8,24-31,40-41H,9-23,32-35H2,1-6H3/b36-7+,37-8+. The Kier molecular flexibility index (Phi) is 20.3. The summed E-state index contributed by atoms with van der Waals surface area (Å²) in [6.45, 7) is 8.22. The molecular weight excluding hydrogens is 957 g/mol. The molecule has 7 rings (SSSR count). The molecule has 20 nitrogen and oxygen atoms in total. The molecule has 4 aliphatic rings. The smallest absolute Gasteiger partial charge is 0.305 e. The number of esters is 1. The van der Waals surface area contributed by atoms with Gasteiger partial charge in [-0.1, -0.05) is 23.3 Å². The number of hydrogen-bond donors (Lipinski definition) is 0. The SMILES string of the molecule is C/C=C1\CC2C=Nc3cc(OCc4cc(OCCN(CCCC(=O)OC)C(=O)CCOCCOCCOCCOC)cc(COc5cc6c(cc5OC)C(=O)N5C/C(=C/C)CC5C=N6)n4)c(OC)cc3C(=O)N2C1. The van der Waals surface area contributed by atoms with Gasteiger partial charge in [-0.25, -0.2) is 0 Å². The average molecular weight is 1030 g/mol. The second-order valence-electron chi connectivity index (χ2n) is 17.8. The summed E-state index contributed by atoms with van der Waals surface area (Å²) in [6.07, 6.45) is 9.79. The van der Waals surface area contributed by atoms with Gasteiger partial charge in [-0.3, -0.25) is 34.1 Å². The molecule has 2 atom stereocenters. The van der Waals surface area contributed by atoms with Gasteiger partial charge in [0.2, 0.25) is 5.91 Å². The Morgan fingerprint density at radius 2 is 1.14 bits per heavy atom. The molecule has 20 heteroatoms. The second kappa shape index (κ2) is 27.4. The fourth-order valence-corrected chi connectivity index (χ4v) is 8.84. The number of aliphatic imine (C=N–C) groups is 2. The zero-order chi connectivity index (χ0) is 52.4. The van der Waals surface area contributed by atoms with Crippen LogP contribution in [0.4, 0.5) is 11.4 Å². The molecule has 3 aromatic rings. The number of fused-ring (bicyclic) bond motifs is 4. The Morgan fingerprint density at radius 3 is 1.62 bits per heavy atom. The van der Waals surface area contributed by atoms with Gasteiger partial charge < -0.3 is 62.1 Å². The summed E-state index contributed by atoms with van der Waals surface area (Å²) in [5, 5.41) is 0. The summed E-state index contributed by atoms with van der Waals surface area (Å²) in [5.74, 6) is 1.01. The van der Waals surface area contributed by atoms with Gasteiger partial charge in [0.05, 0.1) is 127 Å². The summed E-state index contributed by atoms with van der Waals surface area (Å²) in [4.78, 5) is 72.6. The highest BCUT2D eigenvalue weighted by Gasteiger charge is 2.36. The van der Waals surface area contributed by atoms with Crippen LogP contribution in [0.2, 0.25) is 0 Å². The average Bonchev–Trinajstić information content (AvgIpc) is 3.99. The van der Waals surface area contributed by atoms with Gasteiger partial charge >= 0.3 is 5.97 Å². The number of ether oxygens (including phenoxy) is 10. The maximum absolute atomic E-state index is 13.8. The molecule has 2 aromatic carbocycles. The van der Waals surface area contributed by atoms with E-state index in [-0.39, 0.29) is 81.6 Å². The Bertz CT molecular complexity index is 2450. The van der Waals surface area contributed by atoms with Gasteiger partial charge in [0.25, 0.3) is 11.8 Å². The minimum atomic E-state index is -0.372. The van der Waals surface area contributed by atoms with Crippen LogP contribution in [-0.4, -0.2) is 175 Å². The minimum absolute atomic E-state index is 0.0483. The maximum Gasteiger partial charge on any atom is 0.305 e. The van der Waals surface area contributed by atoms with Crippen LogP contribution in [0.15, 0.2) is 69.7 Å². The van der Waals surface area contributed by atoms with Crippen LogP contribution in [-0.2, 0) is 46.5 Å². The highest BCUT2D eigenvalue weighted by molar-refractivity contribution is 6.05. The van der Waals surface area contributed by atoms with Crippen LogP contribution in [0.5, 0.6) is 28.7 Å². The van der Waals surface area contributed by atoms with E-state index < -0.39 is 0 Å². The zero-order valence-electron chi connectivity index (χ0n) is 43.3. The van der Waals surface area contributed by atoms with E-state index in [9.17, 15) is 19.2 Å². The molecule has 0 saturated carbocycles. The molecule has 3 amide bonds. The zero-order valence-corrected chi connectivity index (χ0v) is 43.3. The third-order valence-corrected chi connectivity index (χ3v) is 12.9. The normalized spacial score (nSPS) is 17.6. The molecule has 2 unspecified atom stereocenters. The Labute approximate surface area is 432 Å². The van der Waals surface area contributed by atoms with Crippen molar-refractivity contribution in [2.75, 3.05) is 107 Å². The molecular formula is C54H68N6O14. The number of nitrogens with zero attached hydrogens (tertiary/aromatic N) is 6. The molecule has 5 heterocycles. The first-order valence-electron chi connectivity index (χ1n) is 24.9. The first-order valence-corrected chi connectivity index (χ1v) is 24.9. The summed E-state index contributed by atoms with van der Waals surface area (Å²) < 4.78 is 57.0. The van der Waals surface area contributed by atoms with E-state index in [0.717, 1.165) is 12.8 Å². The van der Waals surface area contributed by atoms with Crippen molar-refractivity contribution in [2.45, 2.75) is 71.2 Å². The van der Waals surface area contributed by atoms with Crippen LogP contribution < -0.4 is 23.7 Å². The number of aromatic nitrogens is 1. The molecule has 2 fully saturated rings. The summed E-state index contributed by atoms with van der Waals surface area (Å²) in [7, 11) is 5.96. The third kappa shape index (κ3) is 14.5. The fraction of sp³-hybridized carbons (Fsp3) is 0.500. The number of hydrogen-bond acceptors (Lipinski definition) is 17. The molecule has 398 valence electrons. The Morgan fingerprint density at radius 1 is 0.622 bits per heavy atom. The first-order chi connectivity index (χ1) is 36.0. The van der Waals surface area contributed by atoms with E-state index in [2.05, 4.69) is 0 Å². The van der Waals surface area contributed by atoms with Crippen molar-refractivity contribution in [3.05, 3.63) is 82.2 Å². The predicted octanol–water partition coefficient (Wildman–Crippen LogP) is 6.26. The molecule has 0 spiro atoms. The maximum atomic E-state index is 13.8. The van der Waals surface area contributed by atoms with Gasteiger partial charge in [0.15, 0.2) is 23.0 Å². The van der Waals surface area contributed by atoms with E-state index >= 15 is 0 Å². The van der Waals surface area contributed by atoms with Gasteiger partial charge in [0.1, 0.15) is 25.6 Å². The molecule has 0 bridgehead atoms. The van der Waals surface area contributed by atoms with Crippen molar-refractivity contribution in [1.29, 1.82) is 0 Å². The Balaban J connectivity index is 1.06. The quantitative estimate of drug-likeness (QED) is 0.0447. The lowest BCUT2D eigenvalue weighted by molar-refractivity contribution is -0.141. The number of pyridine rings is 1. The van der Waals surface area contributed by atoms with Crippen molar-refractivity contribution in [2.24, 2.45) is 9.98 Å². The predicted molar refractivity (Wildman–Crippen MR) is 274 cm³/mol. The molecule has 0 aliphatic carbocycles. The van der Waals surface area contributed by atoms with Crippen LogP contribution in [0, 0.1) is 0 Å². The van der Waals surface area contributed by atoms with Crippen molar-refractivity contribution < 1.29 is 66.5 Å². The summed E-state index contributed by atoms with van der Waals surface area (Å²) >= 11 is 0. The number of rotatable bonds is 28.